The van der Waals surface area contributed by atoms with Crippen LogP contribution in [0.3, 0.4) is 0 Å². The Morgan fingerprint density at radius 2 is 1.96 bits per heavy atom. The summed E-state index contributed by atoms with van der Waals surface area (Å²) in [6.07, 6.45) is 0.684. The minimum Gasteiger partial charge on any atom is -0.385 e. The average molecular weight is 333 g/mol. The van der Waals surface area contributed by atoms with Gasteiger partial charge in [-0.05, 0) is 31.0 Å². The molecule has 1 fully saturated rings. The molecule has 0 atom stereocenters. The lowest BCUT2D eigenvalue weighted by molar-refractivity contribution is -0.136. The van der Waals surface area contributed by atoms with Crippen molar-refractivity contribution in [2.75, 3.05) is 51.3 Å². The van der Waals surface area contributed by atoms with Crippen LogP contribution < -0.4 is 10.2 Å². The molecular weight excluding hydrogens is 306 g/mol. The van der Waals surface area contributed by atoms with Crippen molar-refractivity contribution in [3.8, 4) is 0 Å². The Balaban J connectivity index is 1.73. The van der Waals surface area contributed by atoms with E-state index < -0.39 is 0 Å². The van der Waals surface area contributed by atoms with Crippen LogP contribution in [0.2, 0.25) is 0 Å². The summed E-state index contributed by atoms with van der Waals surface area (Å²) in [5.41, 5.74) is 2.43. The van der Waals surface area contributed by atoms with E-state index in [1.807, 2.05) is 0 Å². The third kappa shape index (κ3) is 5.53. The maximum absolute atomic E-state index is 12.2. The fourth-order valence-electron chi connectivity index (χ4n) is 2.79. The average Bonchev–Trinajstić information content (AvgIpc) is 2.59. The number of anilines is 1. The fraction of sp³-hybridized carbons (Fsp3) is 0.556. The molecule has 2 amide bonds. The van der Waals surface area contributed by atoms with Gasteiger partial charge in [0.1, 0.15) is 6.42 Å². The molecule has 0 bridgehead atoms. The Morgan fingerprint density at radius 3 is 2.62 bits per heavy atom. The van der Waals surface area contributed by atoms with Crippen molar-refractivity contribution >= 4 is 17.5 Å². The highest BCUT2D eigenvalue weighted by Crippen LogP contribution is 2.18. The highest BCUT2D eigenvalue weighted by Gasteiger charge is 2.22. The summed E-state index contributed by atoms with van der Waals surface area (Å²) in [5.74, 6) is -0.305. The van der Waals surface area contributed by atoms with Gasteiger partial charge in [0.05, 0.1) is 0 Å². The zero-order valence-electron chi connectivity index (χ0n) is 14.6. The number of ether oxygens (including phenoxy) is 1. The number of hydrogen-bond acceptors (Lipinski definition) is 4. The van der Waals surface area contributed by atoms with Crippen LogP contribution in [0, 0.1) is 6.92 Å². The molecule has 0 aromatic heterocycles. The molecule has 24 heavy (non-hydrogen) atoms. The summed E-state index contributed by atoms with van der Waals surface area (Å²) < 4.78 is 4.92. The van der Waals surface area contributed by atoms with E-state index in [0.29, 0.717) is 26.2 Å². The van der Waals surface area contributed by atoms with Crippen LogP contribution in [0.1, 0.15) is 18.4 Å². The van der Waals surface area contributed by atoms with Crippen molar-refractivity contribution in [2.45, 2.75) is 19.8 Å². The normalized spacial score (nSPS) is 14.6. The second-order valence-corrected chi connectivity index (χ2v) is 6.08. The molecule has 0 radical (unpaired) electrons. The summed E-state index contributed by atoms with van der Waals surface area (Å²) in [4.78, 5) is 28.0. The molecule has 0 aliphatic carbocycles. The summed E-state index contributed by atoms with van der Waals surface area (Å²) in [6, 6.07) is 8.38. The van der Waals surface area contributed by atoms with Crippen LogP contribution in [0.15, 0.2) is 24.3 Å². The fourth-order valence-corrected chi connectivity index (χ4v) is 2.79. The Labute approximate surface area is 143 Å². The van der Waals surface area contributed by atoms with Crippen molar-refractivity contribution in [3.05, 3.63) is 29.8 Å². The van der Waals surface area contributed by atoms with Crippen LogP contribution in [-0.2, 0) is 14.3 Å². The first kappa shape index (κ1) is 18.3. The van der Waals surface area contributed by atoms with Gasteiger partial charge in [-0.3, -0.25) is 9.59 Å². The van der Waals surface area contributed by atoms with Crippen LogP contribution >= 0.6 is 0 Å². The predicted molar refractivity (Wildman–Crippen MR) is 94.1 cm³/mol. The molecule has 0 unspecified atom stereocenters. The van der Waals surface area contributed by atoms with Crippen LogP contribution in [0.5, 0.6) is 0 Å². The number of carbonyl (C=O) groups excluding carboxylic acids is 2. The molecule has 2 rings (SSSR count). The molecule has 1 saturated heterocycles. The Morgan fingerprint density at radius 1 is 1.21 bits per heavy atom. The van der Waals surface area contributed by atoms with E-state index in [1.54, 1.807) is 12.0 Å². The van der Waals surface area contributed by atoms with Gasteiger partial charge in [0, 0.05) is 52.1 Å². The SMILES string of the molecule is COCCCNC(=O)CC(=O)N1CCN(c2cccc(C)c2)CC1. The van der Waals surface area contributed by atoms with E-state index >= 15 is 0 Å². The molecule has 1 heterocycles. The van der Waals surface area contributed by atoms with E-state index in [4.69, 9.17) is 4.74 Å². The van der Waals surface area contributed by atoms with Gasteiger partial charge < -0.3 is 19.9 Å². The Bertz CT molecular complexity index is 554. The van der Waals surface area contributed by atoms with Crippen LogP contribution in [-0.4, -0.2) is 63.2 Å². The standard InChI is InChI=1S/C18H27N3O3/c1-15-5-3-6-16(13-15)20-8-10-21(11-9-20)18(23)14-17(22)19-7-4-12-24-2/h3,5-6,13H,4,7-12,14H2,1-2H3,(H,19,22). The number of carbonyl (C=O) groups is 2. The molecule has 6 heteroatoms. The first-order valence-electron chi connectivity index (χ1n) is 8.45. The number of nitrogens with zero attached hydrogens (tertiary/aromatic N) is 2. The van der Waals surface area contributed by atoms with E-state index in [2.05, 4.69) is 41.4 Å². The molecule has 6 nitrogen and oxygen atoms in total. The molecule has 132 valence electrons. The molecular formula is C18H27N3O3. The van der Waals surface area contributed by atoms with Crippen molar-refractivity contribution in [1.82, 2.24) is 10.2 Å². The predicted octanol–water partition coefficient (Wildman–Crippen LogP) is 1.19. The number of amides is 2. The number of aryl methyl sites for hydroxylation is 1. The number of methoxy groups -OCH3 is 1. The van der Waals surface area contributed by atoms with Gasteiger partial charge in [0.2, 0.25) is 11.8 Å². The highest BCUT2D eigenvalue weighted by molar-refractivity contribution is 5.96. The zero-order valence-corrected chi connectivity index (χ0v) is 14.6. The van der Waals surface area contributed by atoms with E-state index in [1.165, 1.54) is 11.3 Å². The topological polar surface area (TPSA) is 61.9 Å². The molecule has 0 saturated carbocycles. The number of rotatable bonds is 7. The lowest BCUT2D eigenvalue weighted by atomic mass is 10.2. The molecule has 0 spiro atoms. The zero-order chi connectivity index (χ0) is 17.4. The summed E-state index contributed by atoms with van der Waals surface area (Å²) in [6.45, 7) is 6.13. The van der Waals surface area contributed by atoms with Gasteiger partial charge in [0.25, 0.3) is 0 Å². The Hall–Kier alpha value is -2.08. The minimum absolute atomic E-state index is 0.0720. The van der Waals surface area contributed by atoms with Gasteiger partial charge in [0.15, 0.2) is 0 Å². The number of benzene rings is 1. The smallest absolute Gasteiger partial charge is 0.232 e. The monoisotopic (exact) mass is 333 g/mol. The third-order valence-corrected chi connectivity index (χ3v) is 4.16. The summed E-state index contributed by atoms with van der Waals surface area (Å²) >= 11 is 0. The number of hydrogen-bond donors (Lipinski definition) is 1. The highest BCUT2D eigenvalue weighted by atomic mass is 16.5. The van der Waals surface area contributed by atoms with Crippen LogP contribution in [0.25, 0.3) is 0 Å². The Kier molecular flexibility index (Phi) is 7.06. The van der Waals surface area contributed by atoms with E-state index in [0.717, 1.165) is 19.5 Å². The number of nitrogens with one attached hydrogen (secondary N) is 1. The first-order valence-corrected chi connectivity index (χ1v) is 8.45. The summed E-state index contributed by atoms with van der Waals surface area (Å²) in [5, 5.41) is 2.75. The van der Waals surface area contributed by atoms with Crippen molar-refractivity contribution in [3.63, 3.8) is 0 Å². The maximum atomic E-state index is 12.2. The quantitative estimate of drug-likeness (QED) is 0.601. The molecule has 1 aliphatic heterocycles. The molecule has 1 aromatic rings. The van der Waals surface area contributed by atoms with Gasteiger partial charge >= 0.3 is 0 Å². The second-order valence-electron chi connectivity index (χ2n) is 6.08. The largest absolute Gasteiger partial charge is 0.385 e. The molecule has 1 N–H and O–H groups in total. The minimum atomic E-state index is -0.211. The second kappa shape index (κ2) is 9.27. The van der Waals surface area contributed by atoms with E-state index in [-0.39, 0.29) is 18.2 Å². The van der Waals surface area contributed by atoms with E-state index in [9.17, 15) is 9.59 Å². The van der Waals surface area contributed by atoms with Gasteiger partial charge in [-0.25, -0.2) is 0 Å². The maximum Gasteiger partial charge on any atom is 0.232 e. The van der Waals surface area contributed by atoms with Crippen LogP contribution in [0.4, 0.5) is 5.69 Å². The lowest BCUT2D eigenvalue weighted by Gasteiger charge is -2.36. The van der Waals surface area contributed by atoms with Gasteiger partial charge in [-0.15, -0.1) is 0 Å². The number of piperazine rings is 1. The van der Waals surface area contributed by atoms with Crippen molar-refractivity contribution in [2.24, 2.45) is 0 Å². The lowest BCUT2D eigenvalue weighted by Crippen LogP contribution is -2.49. The molecule has 1 aromatic carbocycles. The van der Waals surface area contributed by atoms with Crippen molar-refractivity contribution in [1.29, 1.82) is 0 Å². The van der Waals surface area contributed by atoms with Gasteiger partial charge in [-0.2, -0.15) is 0 Å². The molecule has 1 aliphatic rings. The van der Waals surface area contributed by atoms with Crippen molar-refractivity contribution < 1.29 is 14.3 Å². The first-order chi connectivity index (χ1) is 11.6. The summed E-state index contributed by atoms with van der Waals surface area (Å²) in [7, 11) is 1.63. The van der Waals surface area contributed by atoms with Gasteiger partial charge in [-0.1, -0.05) is 12.1 Å². The third-order valence-electron chi connectivity index (χ3n) is 4.16.